The van der Waals surface area contributed by atoms with Crippen LogP contribution in [0.25, 0.3) is 0 Å². The summed E-state index contributed by atoms with van der Waals surface area (Å²) < 4.78 is 0. The zero-order valence-corrected chi connectivity index (χ0v) is 7.47. The Labute approximate surface area is 74.3 Å². The van der Waals surface area contributed by atoms with Crippen LogP contribution in [0.3, 0.4) is 0 Å². The number of nitrogens with zero attached hydrogens (tertiary/aromatic N) is 1. The molecule has 1 aromatic rings. The van der Waals surface area contributed by atoms with Gasteiger partial charge in [-0.3, -0.25) is 10.1 Å². The van der Waals surface area contributed by atoms with Gasteiger partial charge in [0.05, 0.1) is 12.6 Å². The lowest BCUT2D eigenvalue weighted by atomic mass is 10.3. The maximum atomic E-state index is 10.2. The monoisotopic (exact) mass is 186 g/mol. The molecule has 0 spiro atoms. The molecule has 1 atom stereocenters. The van der Waals surface area contributed by atoms with Gasteiger partial charge in [0.1, 0.15) is 5.01 Å². The Bertz CT molecular complexity index is 248. The van der Waals surface area contributed by atoms with E-state index in [0.29, 0.717) is 0 Å². The van der Waals surface area contributed by atoms with E-state index in [-0.39, 0.29) is 12.6 Å². The molecule has 66 valence electrons. The Morgan fingerprint density at radius 1 is 1.92 bits per heavy atom. The molecule has 2 N–H and O–H groups in total. The molecule has 0 saturated heterocycles. The van der Waals surface area contributed by atoms with Crippen LogP contribution in [-0.2, 0) is 4.79 Å². The van der Waals surface area contributed by atoms with Crippen molar-refractivity contribution in [2.45, 2.75) is 13.0 Å². The van der Waals surface area contributed by atoms with E-state index in [2.05, 4.69) is 10.3 Å². The van der Waals surface area contributed by atoms with Crippen molar-refractivity contribution in [1.29, 1.82) is 0 Å². The lowest BCUT2D eigenvalue weighted by molar-refractivity contribution is -0.136. The fraction of sp³-hybridized carbons (Fsp3) is 0.429. The van der Waals surface area contributed by atoms with Crippen LogP contribution >= 0.6 is 11.3 Å². The highest BCUT2D eigenvalue weighted by Gasteiger charge is 2.07. The van der Waals surface area contributed by atoms with Gasteiger partial charge >= 0.3 is 5.97 Å². The Balaban J connectivity index is 2.39. The van der Waals surface area contributed by atoms with Crippen molar-refractivity contribution in [3.8, 4) is 0 Å². The first-order valence-electron chi connectivity index (χ1n) is 3.54. The number of rotatable bonds is 4. The highest BCUT2D eigenvalue weighted by Crippen LogP contribution is 2.13. The third kappa shape index (κ3) is 2.60. The molecule has 0 aromatic carbocycles. The third-order valence-electron chi connectivity index (χ3n) is 1.38. The number of carboxylic acids is 1. The Morgan fingerprint density at radius 3 is 3.17 bits per heavy atom. The maximum Gasteiger partial charge on any atom is 0.317 e. The highest BCUT2D eigenvalue weighted by atomic mass is 32.1. The second kappa shape index (κ2) is 4.18. The van der Waals surface area contributed by atoms with Crippen molar-refractivity contribution in [2.24, 2.45) is 0 Å². The largest absolute Gasteiger partial charge is 0.480 e. The fourth-order valence-electron chi connectivity index (χ4n) is 0.776. The van der Waals surface area contributed by atoms with E-state index in [1.54, 1.807) is 6.20 Å². The molecule has 1 aromatic heterocycles. The molecule has 0 aliphatic rings. The number of carboxylic acid groups (broad SMARTS) is 1. The van der Waals surface area contributed by atoms with Crippen LogP contribution in [0.5, 0.6) is 0 Å². The second-order valence-corrected chi connectivity index (χ2v) is 3.29. The number of aromatic nitrogens is 1. The molecule has 0 bridgehead atoms. The Kier molecular flexibility index (Phi) is 3.19. The van der Waals surface area contributed by atoms with Gasteiger partial charge < -0.3 is 5.11 Å². The maximum absolute atomic E-state index is 10.2. The van der Waals surface area contributed by atoms with Gasteiger partial charge in [-0.05, 0) is 6.92 Å². The van der Waals surface area contributed by atoms with Gasteiger partial charge in [-0.2, -0.15) is 0 Å². The molecule has 1 rings (SSSR count). The summed E-state index contributed by atoms with van der Waals surface area (Å²) in [5.41, 5.74) is 0. The van der Waals surface area contributed by atoms with Crippen LogP contribution in [0.4, 0.5) is 0 Å². The van der Waals surface area contributed by atoms with E-state index in [0.717, 1.165) is 5.01 Å². The van der Waals surface area contributed by atoms with Gasteiger partial charge in [-0.1, -0.05) is 0 Å². The summed E-state index contributed by atoms with van der Waals surface area (Å²) in [7, 11) is 0. The molecule has 0 unspecified atom stereocenters. The predicted molar refractivity (Wildman–Crippen MR) is 46.2 cm³/mol. The van der Waals surface area contributed by atoms with Gasteiger partial charge in [0.2, 0.25) is 0 Å². The zero-order valence-electron chi connectivity index (χ0n) is 6.65. The first-order valence-corrected chi connectivity index (χ1v) is 4.42. The molecule has 4 nitrogen and oxygen atoms in total. The van der Waals surface area contributed by atoms with Gasteiger partial charge in [-0.15, -0.1) is 11.3 Å². The van der Waals surface area contributed by atoms with E-state index in [4.69, 9.17) is 5.11 Å². The topological polar surface area (TPSA) is 62.2 Å². The van der Waals surface area contributed by atoms with Crippen molar-refractivity contribution >= 4 is 17.3 Å². The standard InChI is InChI=1S/C7H10N2O2S/c1-5(9-4-6(10)11)7-8-2-3-12-7/h2-3,5,9H,4H2,1H3,(H,10,11)/t5-/m1/s1. The molecular weight excluding hydrogens is 176 g/mol. The quantitative estimate of drug-likeness (QED) is 0.732. The summed E-state index contributed by atoms with van der Waals surface area (Å²) >= 11 is 1.52. The third-order valence-corrected chi connectivity index (χ3v) is 2.34. The van der Waals surface area contributed by atoms with Gasteiger partial charge in [0.25, 0.3) is 0 Å². The molecule has 5 heteroatoms. The van der Waals surface area contributed by atoms with Crippen molar-refractivity contribution in [2.75, 3.05) is 6.54 Å². The summed E-state index contributed by atoms with van der Waals surface area (Å²) in [6.07, 6.45) is 1.71. The minimum atomic E-state index is -0.849. The minimum absolute atomic E-state index is 0.0149. The van der Waals surface area contributed by atoms with E-state index in [9.17, 15) is 4.79 Å². The second-order valence-electron chi connectivity index (χ2n) is 2.37. The molecule has 0 radical (unpaired) electrons. The van der Waals surface area contributed by atoms with E-state index >= 15 is 0 Å². The van der Waals surface area contributed by atoms with E-state index in [1.165, 1.54) is 11.3 Å². The summed E-state index contributed by atoms with van der Waals surface area (Å²) in [4.78, 5) is 14.3. The lowest BCUT2D eigenvalue weighted by Crippen LogP contribution is -2.25. The summed E-state index contributed by atoms with van der Waals surface area (Å²) in [6.45, 7) is 1.86. The molecule has 0 aliphatic carbocycles. The molecule has 1 heterocycles. The Hall–Kier alpha value is -0.940. The molecule has 0 amide bonds. The van der Waals surface area contributed by atoms with E-state index < -0.39 is 5.97 Å². The van der Waals surface area contributed by atoms with Crippen LogP contribution in [0.1, 0.15) is 18.0 Å². The van der Waals surface area contributed by atoms with Crippen molar-refractivity contribution in [3.05, 3.63) is 16.6 Å². The van der Waals surface area contributed by atoms with Gasteiger partial charge in [0, 0.05) is 11.6 Å². The number of hydrogen-bond donors (Lipinski definition) is 2. The van der Waals surface area contributed by atoms with Gasteiger partial charge in [0.15, 0.2) is 0 Å². The summed E-state index contributed by atoms with van der Waals surface area (Å²) in [5.74, 6) is -0.849. The lowest BCUT2D eigenvalue weighted by Gasteiger charge is -2.07. The normalized spacial score (nSPS) is 12.8. The highest BCUT2D eigenvalue weighted by molar-refractivity contribution is 7.09. The predicted octanol–water partition coefficient (Wildman–Crippen LogP) is 0.878. The number of thiazole rings is 1. The van der Waals surface area contributed by atoms with Crippen LogP contribution in [0.2, 0.25) is 0 Å². The molecule has 0 saturated carbocycles. The number of aliphatic carboxylic acids is 1. The average Bonchev–Trinajstić information content (AvgIpc) is 2.51. The minimum Gasteiger partial charge on any atom is -0.480 e. The van der Waals surface area contributed by atoms with Crippen LogP contribution in [0, 0.1) is 0 Å². The van der Waals surface area contributed by atoms with Crippen molar-refractivity contribution in [3.63, 3.8) is 0 Å². The fourth-order valence-corrected chi connectivity index (χ4v) is 1.45. The van der Waals surface area contributed by atoms with Gasteiger partial charge in [-0.25, -0.2) is 4.98 Å². The van der Waals surface area contributed by atoms with Crippen molar-refractivity contribution in [1.82, 2.24) is 10.3 Å². The van der Waals surface area contributed by atoms with Crippen molar-refractivity contribution < 1.29 is 9.90 Å². The molecule has 0 fully saturated rings. The zero-order chi connectivity index (χ0) is 8.97. The summed E-state index contributed by atoms with van der Waals surface area (Å²) in [6, 6.07) is 0.0149. The number of hydrogen-bond acceptors (Lipinski definition) is 4. The average molecular weight is 186 g/mol. The number of carbonyl (C=O) groups is 1. The SMILES string of the molecule is C[C@@H](NCC(=O)O)c1nccs1. The molecule has 0 aliphatic heterocycles. The number of nitrogens with one attached hydrogen (secondary N) is 1. The summed E-state index contributed by atoms with van der Waals surface area (Å²) in [5, 5.41) is 14.0. The van der Waals surface area contributed by atoms with Crippen LogP contribution < -0.4 is 5.32 Å². The van der Waals surface area contributed by atoms with E-state index in [1.807, 2.05) is 12.3 Å². The first-order chi connectivity index (χ1) is 5.70. The molecule has 12 heavy (non-hydrogen) atoms. The smallest absolute Gasteiger partial charge is 0.317 e. The van der Waals surface area contributed by atoms with Crippen LogP contribution in [-0.4, -0.2) is 22.6 Å². The first kappa shape index (κ1) is 9.15. The van der Waals surface area contributed by atoms with Crippen LogP contribution in [0.15, 0.2) is 11.6 Å². The Morgan fingerprint density at radius 2 is 2.67 bits per heavy atom. The molecular formula is C7H10N2O2S.